The highest BCUT2D eigenvalue weighted by Gasteiger charge is 2.36. The second-order valence-electron chi connectivity index (χ2n) is 7.29. The third-order valence-electron chi connectivity index (χ3n) is 5.41. The fourth-order valence-corrected chi connectivity index (χ4v) is 3.99. The standard InChI is InChI=1S/C17H22N6O/c1-6-18-17(19-7-1)23-9-12-2-5-14(10-23)22(8-12)11-15-20-21-16(24-15)13-3-4-13/h1,6-7,12-14H,2-5,8-11H2/t12-,14-/m0/s1. The molecule has 0 spiro atoms. The van der Waals surface area contributed by atoms with Crippen LogP contribution in [0.3, 0.4) is 0 Å². The number of piperidine rings is 1. The first-order valence-corrected chi connectivity index (χ1v) is 8.93. The van der Waals surface area contributed by atoms with E-state index in [0.717, 1.165) is 43.9 Å². The van der Waals surface area contributed by atoms with E-state index in [-0.39, 0.29) is 0 Å². The molecule has 3 saturated heterocycles. The Morgan fingerprint density at radius 1 is 1.00 bits per heavy atom. The minimum Gasteiger partial charge on any atom is -0.424 e. The van der Waals surface area contributed by atoms with E-state index in [0.29, 0.717) is 17.9 Å². The fraction of sp³-hybridized carbons (Fsp3) is 0.647. The third kappa shape index (κ3) is 2.77. The minimum absolute atomic E-state index is 0.504. The molecule has 4 fully saturated rings. The van der Waals surface area contributed by atoms with E-state index in [1.807, 2.05) is 18.5 Å². The van der Waals surface area contributed by atoms with Crippen molar-refractivity contribution in [2.75, 3.05) is 24.5 Å². The maximum atomic E-state index is 5.87. The van der Waals surface area contributed by atoms with Crippen molar-refractivity contribution in [2.24, 2.45) is 5.92 Å². The van der Waals surface area contributed by atoms with E-state index in [4.69, 9.17) is 4.42 Å². The van der Waals surface area contributed by atoms with Gasteiger partial charge in [-0.15, -0.1) is 10.2 Å². The van der Waals surface area contributed by atoms with Crippen LogP contribution in [0.5, 0.6) is 0 Å². The van der Waals surface area contributed by atoms with Crippen LogP contribution in [0.15, 0.2) is 22.9 Å². The molecule has 24 heavy (non-hydrogen) atoms. The van der Waals surface area contributed by atoms with Crippen LogP contribution in [0.1, 0.15) is 43.4 Å². The molecular weight excluding hydrogens is 304 g/mol. The normalized spacial score (nSPS) is 27.4. The Kier molecular flexibility index (Phi) is 3.47. The van der Waals surface area contributed by atoms with Crippen LogP contribution in [0.25, 0.3) is 0 Å². The van der Waals surface area contributed by atoms with Crippen LogP contribution in [-0.2, 0) is 6.54 Å². The van der Waals surface area contributed by atoms with Crippen LogP contribution < -0.4 is 4.90 Å². The van der Waals surface area contributed by atoms with E-state index in [2.05, 4.69) is 30.0 Å². The number of hydrogen-bond donors (Lipinski definition) is 0. The van der Waals surface area contributed by atoms with Crippen molar-refractivity contribution < 1.29 is 4.42 Å². The van der Waals surface area contributed by atoms with E-state index in [1.165, 1.54) is 25.7 Å². The van der Waals surface area contributed by atoms with Gasteiger partial charge in [0.1, 0.15) is 0 Å². The topological polar surface area (TPSA) is 71.2 Å². The van der Waals surface area contributed by atoms with Gasteiger partial charge in [-0.05, 0) is 37.7 Å². The molecule has 1 aliphatic carbocycles. The summed E-state index contributed by atoms with van der Waals surface area (Å²) in [5, 5.41) is 8.48. The first kappa shape index (κ1) is 14.3. The summed E-state index contributed by atoms with van der Waals surface area (Å²) < 4.78 is 5.87. The Morgan fingerprint density at radius 3 is 2.71 bits per heavy atom. The molecule has 2 aromatic rings. The van der Waals surface area contributed by atoms with E-state index in [1.54, 1.807) is 0 Å². The lowest BCUT2D eigenvalue weighted by molar-refractivity contribution is 0.115. The predicted molar refractivity (Wildman–Crippen MR) is 87.4 cm³/mol. The highest BCUT2D eigenvalue weighted by Crippen LogP contribution is 2.39. The molecule has 3 aliphatic heterocycles. The van der Waals surface area contributed by atoms with Gasteiger partial charge in [-0.2, -0.15) is 0 Å². The smallest absolute Gasteiger partial charge is 0.230 e. The third-order valence-corrected chi connectivity index (χ3v) is 5.41. The number of hydrogen-bond acceptors (Lipinski definition) is 7. The summed E-state index contributed by atoms with van der Waals surface area (Å²) in [6.07, 6.45) is 8.54. The summed E-state index contributed by atoms with van der Waals surface area (Å²) in [4.78, 5) is 13.7. The van der Waals surface area contributed by atoms with E-state index in [9.17, 15) is 0 Å². The monoisotopic (exact) mass is 326 g/mol. The van der Waals surface area contributed by atoms with Gasteiger partial charge in [-0.3, -0.25) is 4.90 Å². The van der Waals surface area contributed by atoms with Gasteiger partial charge in [0.25, 0.3) is 0 Å². The van der Waals surface area contributed by atoms with Gasteiger partial charge in [0.2, 0.25) is 17.7 Å². The lowest BCUT2D eigenvalue weighted by atomic mass is 9.95. The minimum atomic E-state index is 0.504. The molecule has 6 rings (SSSR count). The number of anilines is 1. The van der Waals surface area contributed by atoms with Crippen molar-refractivity contribution in [3.63, 3.8) is 0 Å². The van der Waals surface area contributed by atoms with E-state index >= 15 is 0 Å². The first-order valence-electron chi connectivity index (χ1n) is 8.93. The quantitative estimate of drug-likeness (QED) is 0.849. The highest BCUT2D eigenvalue weighted by atomic mass is 16.4. The Balaban J connectivity index is 1.31. The SMILES string of the molecule is c1cnc(N2C[C@H]3CC[C@@H](C2)N(Cc2nnc(C4CC4)o2)C3)nc1. The van der Waals surface area contributed by atoms with Crippen molar-refractivity contribution in [1.82, 2.24) is 25.1 Å². The maximum absolute atomic E-state index is 5.87. The average Bonchev–Trinajstić information content (AvgIpc) is 3.42. The molecule has 7 nitrogen and oxygen atoms in total. The van der Waals surface area contributed by atoms with Crippen molar-refractivity contribution in [3.05, 3.63) is 30.2 Å². The van der Waals surface area contributed by atoms with Crippen LogP contribution >= 0.6 is 0 Å². The van der Waals surface area contributed by atoms with Gasteiger partial charge in [0.05, 0.1) is 6.54 Å². The Bertz CT molecular complexity index is 700. The van der Waals surface area contributed by atoms with Crippen molar-refractivity contribution in [1.29, 1.82) is 0 Å². The highest BCUT2D eigenvalue weighted by molar-refractivity contribution is 5.30. The zero-order chi connectivity index (χ0) is 15.9. The van der Waals surface area contributed by atoms with Crippen molar-refractivity contribution in [2.45, 2.75) is 44.2 Å². The Labute approximate surface area is 141 Å². The lowest BCUT2D eigenvalue weighted by Gasteiger charge is -2.34. The van der Waals surface area contributed by atoms with Crippen LogP contribution in [-0.4, -0.2) is 50.7 Å². The summed E-state index contributed by atoms with van der Waals surface area (Å²) in [5.74, 6) is 3.64. The Morgan fingerprint density at radius 2 is 1.88 bits per heavy atom. The average molecular weight is 326 g/mol. The zero-order valence-electron chi connectivity index (χ0n) is 13.7. The van der Waals surface area contributed by atoms with Gasteiger partial charge in [0, 0.05) is 44.0 Å². The summed E-state index contributed by atoms with van der Waals surface area (Å²) in [6.45, 7) is 3.87. The summed E-state index contributed by atoms with van der Waals surface area (Å²) in [5.41, 5.74) is 0. The molecule has 0 unspecified atom stereocenters. The largest absolute Gasteiger partial charge is 0.424 e. The molecule has 0 N–H and O–H groups in total. The number of nitrogens with zero attached hydrogens (tertiary/aromatic N) is 6. The summed E-state index contributed by atoms with van der Waals surface area (Å²) in [7, 11) is 0. The van der Waals surface area contributed by atoms with Crippen molar-refractivity contribution in [3.8, 4) is 0 Å². The van der Waals surface area contributed by atoms with Gasteiger partial charge >= 0.3 is 0 Å². The second kappa shape index (κ2) is 5.81. The van der Waals surface area contributed by atoms with Crippen LogP contribution in [0.4, 0.5) is 5.95 Å². The molecular formula is C17H22N6O. The molecule has 0 amide bonds. The summed E-state index contributed by atoms with van der Waals surface area (Å²) >= 11 is 0. The fourth-order valence-electron chi connectivity index (χ4n) is 3.99. The first-order chi connectivity index (χ1) is 11.8. The lowest BCUT2D eigenvalue weighted by Crippen LogP contribution is -2.43. The molecule has 126 valence electrons. The van der Waals surface area contributed by atoms with E-state index < -0.39 is 0 Å². The number of aromatic nitrogens is 4. The van der Waals surface area contributed by atoms with Gasteiger partial charge in [-0.1, -0.05) is 0 Å². The predicted octanol–water partition coefficient (Wildman–Crippen LogP) is 1.84. The molecule has 0 aromatic carbocycles. The van der Waals surface area contributed by atoms with Gasteiger partial charge in [-0.25, -0.2) is 9.97 Å². The van der Waals surface area contributed by atoms with Crippen LogP contribution in [0.2, 0.25) is 0 Å². The molecule has 7 heteroatoms. The molecule has 2 aromatic heterocycles. The molecule has 4 aliphatic rings. The van der Waals surface area contributed by atoms with Gasteiger partial charge < -0.3 is 9.32 Å². The second-order valence-corrected chi connectivity index (χ2v) is 7.29. The molecule has 1 saturated carbocycles. The molecule has 0 radical (unpaired) electrons. The molecule has 2 atom stereocenters. The number of fused-ring (bicyclic) bond motifs is 4. The van der Waals surface area contributed by atoms with Crippen molar-refractivity contribution >= 4 is 5.95 Å². The number of rotatable bonds is 4. The van der Waals surface area contributed by atoms with Crippen LogP contribution in [0, 0.1) is 5.92 Å². The summed E-state index contributed by atoms with van der Waals surface area (Å²) in [6, 6.07) is 2.37. The maximum Gasteiger partial charge on any atom is 0.230 e. The zero-order valence-corrected chi connectivity index (χ0v) is 13.7. The molecule has 2 bridgehead atoms. The van der Waals surface area contributed by atoms with Gasteiger partial charge in [0.15, 0.2) is 0 Å². The Hall–Kier alpha value is -2.02. The molecule has 5 heterocycles.